The predicted octanol–water partition coefficient (Wildman–Crippen LogP) is 1.50. The summed E-state index contributed by atoms with van der Waals surface area (Å²) in [6.07, 6.45) is 1.86. The van der Waals surface area contributed by atoms with Gasteiger partial charge in [-0.05, 0) is 18.2 Å². The van der Waals surface area contributed by atoms with E-state index in [-0.39, 0.29) is 10.6 Å². The fourth-order valence-electron chi connectivity index (χ4n) is 1.45. The second-order valence-corrected chi connectivity index (χ2v) is 4.02. The molecule has 1 heterocycles. The van der Waals surface area contributed by atoms with E-state index in [0.29, 0.717) is 24.5 Å². The fraction of sp³-hybridized carbons (Fsp3) is 0.182. The van der Waals surface area contributed by atoms with Crippen molar-refractivity contribution in [1.29, 1.82) is 0 Å². The molecule has 3 N–H and O–H groups in total. The van der Waals surface area contributed by atoms with Crippen LogP contribution in [0.25, 0.3) is 0 Å². The van der Waals surface area contributed by atoms with Crippen LogP contribution >= 0.6 is 12.2 Å². The van der Waals surface area contributed by atoms with Crippen molar-refractivity contribution in [3.8, 4) is 0 Å². The number of thiocarbonyl (C=S) groups is 1. The molecular weight excluding hydrogens is 255 g/mol. The minimum atomic E-state index is -0.438. The van der Waals surface area contributed by atoms with Gasteiger partial charge >= 0.3 is 0 Å². The van der Waals surface area contributed by atoms with Gasteiger partial charge in [-0.3, -0.25) is 0 Å². The largest absolute Gasteiger partial charge is 0.389 e. The molecule has 2 rings (SSSR count). The number of nitrogens with zero attached hydrogens (tertiary/aromatic N) is 2. The Labute approximate surface area is 108 Å². The minimum absolute atomic E-state index is 0.0471. The Kier molecular flexibility index (Phi) is 3.83. The van der Waals surface area contributed by atoms with E-state index in [2.05, 4.69) is 20.0 Å². The van der Waals surface area contributed by atoms with Crippen LogP contribution in [0.15, 0.2) is 29.1 Å². The monoisotopic (exact) mass is 266 g/mol. The molecule has 5 nitrogen and oxygen atoms in total. The van der Waals surface area contributed by atoms with Crippen molar-refractivity contribution in [3.05, 3.63) is 41.8 Å². The Hall–Kier alpha value is -2.02. The number of rotatable bonds is 5. The first-order chi connectivity index (χ1) is 8.66. The van der Waals surface area contributed by atoms with Crippen LogP contribution < -0.4 is 11.1 Å². The number of nitrogens with one attached hydrogen (secondary N) is 1. The number of aromatic nitrogens is 2. The second kappa shape index (κ2) is 5.54. The highest BCUT2D eigenvalue weighted by atomic mass is 32.1. The minimum Gasteiger partial charge on any atom is -0.389 e. The number of benzene rings is 1. The molecule has 0 saturated heterocycles. The lowest BCUT2D eigenvalue weighted by atomic mass is 10.2. The van der Waals surface area contributed by atoms with Crippen LogP contribution in [0.2, 0.25) is 0 Å². The summed E-state index contributed by atoms with van der Waals surface area (Å²) >= 11 is 4.72. The molecule has 0 aliphatic carbocycles. The predicted molar refractivity (Wildman–Crippen MR) is 68.8 cm³/mol. The van der Waals surface area contributed by atoms with E-state index < -0.39 is 5.82 Å². The van der Waals surface area contributed by atoms with Crippen LogP contribution in [-0.4, -0.2) is 21.7 Å². The van der Waals surface area contributed by atoms with E-state index in [0.717, 1.165) is 0 Å². The van der Waals surface area contributed by atoms with Gasteiger partial charge in [-0.25, -0.2) is 4.39 Å². The quantitative estimate of drug-likeness (QED) is 0.799. The third-order valence-electron chi connectivity index (χ3n) is 2.32. The van der Waals surface area contributed by atoms with Crippen molar-refractivity contribution in [2.24, 2.45) is 5.73 Å². The van der Waals surface area contributed by atoms with Crippen molar-refractivity contribution in [3.63, 3.8) is 0 Å². The Morgan fingerprint density at radius 1 is 1.50 bits per heavy atom. The molecule has 0 bridgehead atoms. The molecule has 1 aromatic carbocycles. The molecule has 0 radical (unpaired) electrons. The van der Waals surface area contributed by atoms with Crippen molar-refractivity contribution in [2.45, 2.75) is 6.42 Å². The van der Waals surface area contributed by atoms with E-state index in [1.54, 1.807) is 12.1 Å². The van der Waals surface area contributed by atoms with Crippen LogP contribution in [0.1, 0.15) is 11.4 Å². The molecule has 1 aromatic heterocycles. The summed E-state index contributed by atoms with van der Waals surface area (Å²) in [5.41, 5.74) is 6.27. The van der Waals surface area contributed by atoms with Gasteiger partial charge in [0.25, 0.3) is 0 Å². The summed E-state index contributed by atoms with van der Waals surface area (Å²) in [6, 6.07) is 4.62. The van der Waals surface area contributed by atoms with Crippen LogP contribution in [0, 0.1) is 5.82 Å². The molecule has 2 aromatic rings. The number of hydrogen-bond acceptors (Lipinski definition) is 5. The topological polar surface area (TPSA) is 77.0 Å². The summed E-state index contributed by atoms with van der Waals surface area (Å²) < 4.78 is 18.2. The van der Waals surface area contributed by atoms with Gasteiger partial charge in [-0.15, -0.1) is 0 Å². The normalized spacial score (nSPS) is 10.3. The maximum Gasteiger partial charge on any atom is 0.213 e. The van der Waals surface area contributed by atoms with Crippen molar-refractivity contribution in [1.82, 2.24) is 10.1 Å². The molecular formula is C11H11FN4OS. The number of hydrogen-bond donors (Lipinski definition) is 2. The van der Waals surface area contributed by atoms with E-state index in [1.807, 2.05) is 0 Å². The summed E-state index contributed by atoms with van der Waals surface area (Å²) in [4.78, 5) is 3.92. The SMILES string of the molecule is NC(=S)c1ccc(NCCc2ncon2)cc1F. The molecule has 0 aliphatic heterocycles. The first kappa shape index (κ1) is 12.4. The van der Waals surface area contributed by atoms with Gasteiger partial charge in [-0.1, -0.05) is 17.4 Å². The Morgan fingerprint density at radius 3 is 2.94 bits per heavy atom. The van der Waals surface area contributed by atoms with Crippen molar-refractivity contribution in [2.75, 3.05) is 11.9 Å². The van der Waals surface area contributed by atoms with Gasteiger partial charge in [0.15, 0.2) is 5.82 Å². The maximum absolute atomic E-state index is 13.6. The van der Waals surface area contributed by atoms with Gasteiger partial charge in [0, 0.05) is 24.2 Å². The molecule has 0 amide bonds. The molecule has 0 spiro atoms. The number of halogens is 1. The van der Waals surface area contributed by atoms with Crippen LogP contribution in [-0.2, 0) is 6.42 Å². The zero-order valence-corrected chi connectivity index (χ0v) is 10.2. The smallest absolute Gasteiger partial charge is 0.213 e. The fourth-order valence-corrected chi connectivity index (χ4v) is 1.61. The zero-order valence-electron chi connectivity index (χ0n) is 9.39. The van der Waals surface area contributed by atoms with E-state index in [9.17, 15) is 4.39 Å². The Bertz CT molecular complexity index is 544. The molecule has 0 atom stereocenters. The van der Waals surface area contributed by atoms with Gasteiger partial charge in [-0.2, -0.15) is 4.98 Å². The van der Waals surface area contributed by atoms with Crippen LogP contribution in [0.4, 0.5) is 10.1 Å². The molecule has 0 aliphatic rings. The van der Waals surface area contributed by atoms with Crippen LogP contribution in [0.3, 0.4) is 0 Å². The van der Waals surface area contributed by atoms with Gasteiger partial charge in [0.1, 0.15) is 10.8 Å². The van der Waals surface area contributed by atoms with Gasteiger partial charge < -0.3 is 15.6 Å². The second-order valence-electron chi connectivity index (χ2n) is 3.58. The highest BCUT2D eigenvalue weighted by molar-refractivity contribution is 7.80. The van der Waals surface area contributed by atoms with Crippen molar-refractivity contribution < 1.29 is 8.91 Å². The first-order valence-electron chi connectivity index (χ1n) is 5.25. The Morgan fingerprint density at radius 2 is 2.33 bits per heavy atom. The lowest BCUT2D eigenvalue weighted by Gasteiger charge is -2.07. The lowest BCUT2D eigenvalue weighted by molar-refractivity contribution is 0.410. The van der Waals surface area contributed by atoms with Crippen LogP contribution in [0.5, 0.6) is 0 Å². The summed E-state index contributed by atoms with van der Waals surface area (Å²) in [7, 11) is 0. The average molecular weight is 266 g/mol. The lowest BCUT2D eigenvalue weighted by Crippen LogP contribution is -2.12. The molecule has 0 fully saturated rings. The highest BCUT2D eigenvalue weighted by Crippen LogP contribution is 2.14. The first-order valence-corrected chi connectivity index (χ1v) is 5.66. The summed E-state index contributed by atoms with van der Waals surface area (Å²) in [5.74, 6) is 0.162. The molecule has 18 heavy (non-hydrogen) atoms. The third kappa shape index (κ3) is 3.01. The molecule has 0 unspecified atom stereocenters. The molecule has 94 valence electrons. The average Bonchev–Trinajstić information content (AvgIpc) is 2.81. The molecule has 0 saturated carbocycles. The number of anilines is 1. The molecule has 7 heteroatoms. The Balaban J connectivity index is 1.94. The third-order valence-corrected chi connectivity index (χ3v) is 2.54. The van der Waals surface area contributed by atoms with Gasteiger partial charge in [0.05, 0.1) is 0 Å². The summed E-state index contributed by atoms with van der Waals surface area (Å²) in [5, 5.41) is 6.71. The number of nitrogens with two attached hydrogens (primary N) is 1. The zero-order chi connectivity index (χ0) is 13.0. The highest BCUT2D eigenvalue weighted by Gasteiger charge is 2.06. The van der Waals surface area contributed by atoms with Gasteiger partial charge in [0.2, 0.25) is 6.39 Å². The standard InChI is InChI=1S/C11H11FN4OS/c12-9-5-7(1-2-8(9)11(13)18)14-4-3-10-15-6-17-16-10/h1-2,5-6,14H,3-4H2,(H2,13,18). The maximum atomic E-state index is 13.6. The van der Waals surface area contributed by atoms with E-state index >= 15 is 0 Å². The van der Waals surface area contributed by atoms with Crippen molar-refractivity contribution >= 4 is 22.9 Å². The summed E-state index contributed by atoms with van der Waals surface area (Å²) in [6.45, 7) is 0.575. The van der Waals surface area contributed by atoms with E-state index in [1.165, 1.54) is 12.5 Å². The van der Waals surface area contributed by atoms with E-state index in [4.69, 9.17) is 18.0 Å².